The molecular weight excluding hydrogens is 540 g/mol. The van der Waals surface area contributed by atoms with E-state index < -0.39 is 15.9 Å². The Hall–Kier alpha value is -4.31. The molecule has 1 heterocycles. The number of nitrogens with one attached hydrogen (secondary N) is 4. The van der Waals surface area contributed by atoms with Crippen LogP contribution in [0.15, 0.2) is 71.8 Å². The standard InChI is InChI=1S/C31H34N4O5S/c1-19-8-4-7-11-29(19)41(38,39)35-30(36)21-12-14-24(28(16-21)40-3)20(2)26-18-32-27-15-13-23(17-25(26)27)34-31(37)33-22-9-5-6-10-22/h4,7-8,11-18,20,22,32H,5-6,9-10H2,1-3H3,(H,35,36)(H2,33,34,37). The van der Waals surface area contributed by atoms with Crippen LogP contribution < -0.4 is 20.1 Å². The first kappa shape index (κ1) is 28.2. The quantitative estimate of drug-likeness (QED) is 0.211. The molecule has 0 radical (unpaired) electrons. The van der Waals surface area contributed by atoms with Gasteiger partial charge in [-0.2, -0.15) is 0 Å². The number of amides is 3. The van der Waals surface area contributed by atoms with Crippen LogP contribution in [0.1, 0.15) is 65.6 Å². The van der Waals surface area contributed by atoms with Crippen molar-refractivity contribution < 1.29 is 22.7 Å². The van der Waals surface area contributed by atoms with Crippen molar-refractivity contribution in [1.29, 1.82) is 0 Å². The van der Waals surface area contributed by atoms with Gasteiger partial charge in [0.1, 0.15) is 5.75 Å². The first-order valence-electron chi connectivity index (χ1n) is 13.7. The minimum atomic E-state index is -4.04. The van der Waals surface area contributed by atoms with Gasteiger partial charge in [0.15, 0.2) is 0 Å². The van der Waals surface area contributed by atoms with Crippen molar-refractivity contribution >= 4 is 38.6 Å². The summed E-state index contributed by atoms with van der Waals surface area (Å²) in [7, 11) is -2.53. The number of hydrogen-bond donors (Lipinski definition) is 4. The maximum absolute atomic E-state index is 12.9. The smallest absolute Gasteiger partial charge is 0.319 e. The van der Waals surface area contributed by atoms with E-state index in [1.165, 1.54) is 13.2 Å². The van der Waals surface area contributed by atoms with Crippen molar-refractivity contribution in [2.45, 2.75) is 56.4 Å². The lowest BCUT2D eigenvalue weighted by molar-refractivity contribution is 0.0981. The lowest BCUT2D eigenvalue weighted by Gasteiger charge is -2.17. The van der Waals surface area contributed by atoms with Gasteiger partial charge in [-0.25, -0.2) is 17.9 Å². The highest BCUT2D eigenvalue weighted by atomic mass is 32.2. The SMILES string of the molecule is COc1cc(C(=O)NS(=O)(=O)c2ccccc2C)ccc1C(C)c1c[nH]c2ccc(NC(=O)NC3CCCC3)cc12. The number of urea groups is 1. The number of carbonyl (C=O) groups excluding carboxylic acids is 2. The van der Waals surface area contributed by atoms with Crippen LogP contribution in [0, 0.1) is 6.92 Å². The van der Waals surface area contributed by atoms with E-state index in [1.807, 2.05) is 31.3 Å². The summed E-state index contributed by atoms with van der Waals surface area (Å²) in [5.41, 5.74) is 4.12. The molecule has 214 valence electrons. The number of benzene rings is 3. The minimum Gasteiger partial charge on any atom is -0.496 e. The predicted octanol–water partition coefficient (Wildman–Crippen LogP) is 5.82. The normalized spacial score (nSPS) is 14.5. The molecule has 1 aliphatic rings. The van der Waals surface area contributed by atoms with Gasteiger partial charge in [0.2, 0.25) is 0 Å². The Balaban J connectivity index is 1.36. The lowest BCUT2D eigenvalue weighted by Crippen LogP contribution is -2.36. The van der Waals surface area contributed by atoms with E-state index in [1.54, 1.807) is 43.3 Å². The molecule has 5 rings (SSSR count). The van der Waals surface area contributed by atoms with Crippen LogP contribution in [0.2, 0.25) is 0 Å². The van der Waals surface area contributed by atoms with E-state index in [0.717, 1.165) is 47.7 Å². The van der Waals surface area contributed by atoms with Crippen LogP contribution in [-0.4, -0.2) is 38.5 Å². The van der Waals surface area contributed by atoms with Gasteiger partial charge >= 0.3 is 6.03 Å². The average molecular weight is 575 g/mol. The van der Waals surface area contributed by atoms with Gasteiger partial charge in [0.25, 0.3) is 15.9 Å². The third kappa shape index (κ3) is 6.07. The molecule has 1 aromatic heterocycles. The lowest BCUT2D eigenvalue weighted by atomic mass is 9.91. The van der Waals surface area contributed by atoms with Gasteiger partial charge < -0.3 is 20.4 Å². The topological polar surface area (TPSA) is 129 Å². The molecule has 4 aromatic rings. The number of aryl methyl sites for hydroxylation is 1. The molecule has 1 fully saturated rings. The van der Waals surface area contributed by atoms with E-state index in [2.05, 4.69) is 20.3 Å². The number of rotatable bonds is 8. The molecule has 3 aromatic carbocycles. The number of fused-ring (bicyclic) bond motifs is 1. The fraction of sp³-hybridized carbons (Fsp3) is 0.290. The molecule has 1 aliphatic carbocycles. The van der Waals surface area contributed by atoms with Crippen LogP contribution in [0.5, 0.6) is 5.75 Å². The molecule has 10 heteroatoms. The zero-order valence-electron chi connectivity index (χ0n) is 23.3. The second-order valence-corrected chi connectivity index (χ2v) is 12.1. The Morgan fingerprint density at radius 1 is 1.00 bits per heavy atom. The molecule has 1 saturated carbocycles. The first-order chi connectivity index (χ1) is 19.7. The number of sulfonamides is 1. The van der Waals surface area contributed by atoms with Crippen LogP contribution in [0.3, 0.4) is 0 Å². The predicted molar refractivity (Wildman–Crippen MR) is 159 cm³/mol. The first-order valence-corrected chi connectivity index (χ1v) is 15.1. The van der Waals surface area contributed by atoms with Crippen molar-refractivity contribution in [2.24, 2.45) is 0 Å². The number of ether oxygens (including phenoxy) is 1. The summed E-state index contributed by atoms with van der Waals surface area (Å²) in [6.45, 7) is 3.70. The molecule has 9 nitrogen and oxygen atoms in total. The van der Waals surface area contributed by atoms with Gasteiger partial charge in [-0.05, 0) is 67.3 Å². The Morgan fingerprint density at radius 3 is 2.49 bits per heavy atom. The van der Waals surface area contributed by atoms with E-state index >= 15 is 0 Å². The molecule has 0 saturated heterocycles. The molecule has 1 unspecified atom stereocenters. The van der Waals surface area contributed by atoms with Crippen molar-refractivity contribution in [3.63, 3.8) is 0 Å². The van der Waals surface area contributed by atoms with Gasteiger partial charge in [-0.3, -0.25) is 4.79 Å². The van der Waals surface area contributed by atoms with Crippen LogP contribution >= 0.6 is 0 Å². The van der Waals surface area contributed by atoms with Gasteiger partial charge in [0, 0.05) is 45.9 Å². The van der Waals surface area contributed by atoms with Crippen molar-refractivity contribution in [3.05, 3.63) is 89.1 Å². The summed E-state index contributed by atoms with van der Waals surface area (Å²) < 4.78 is 33.5. The molecule has 4 N–H and O–H groups in total. The third-order valence-electron chi connectivity index (χ3n) is 7.70. The molecule has 0 aliphatic heterocycles. The Labute approximate surface area is 239 Å². The number of H-pyrrole nitrogens is 1. The highest BCUT2D eigenvalue weighted by molar-refractivity contribution is 7.90. The summed E-state index contributed by atoms with van der Waals surface area (Å²) in [5.74, 6) is -0.434. The minimum absolute atomic E-state index is 0.0507. The Morgan fingerprint density at radius 2 is 1.76 bits per heavy atom. The van der Waals surface area contributed by atoms with E-state index in [4.69, 9.17) is 4.74 Å². The van der Waals surface area contributed by atoms with Crippen LogP contribution in [-0.2, 0) is 10.0 Å². The number of carbonyl (C=O) groups is 2. The maximum Gasteiger partial charge on any atom is 0.319 e. The fourth-order valence-corrected chi connectivity index (χ4v) is 6.69. The summed E-state index contributed by atoms with van der Waals surface area (Å²) >= 11 is 0. The maximum atomic E-state index is 12.9. The van der Waals surface area contributed by atoms with Crippen molar-refractivity contribution in [2.75, 3.05) is 12.4 Å². The monoisotopic (exact) mass is 574 g/mol. The molecule has 1 atom stereocenters. The van der Waals surface area contributed by atoms with E-state index in [-0.39, 0.29) is 28.4 Å². The number of methoxy groups -OCH3 is 1. The average Bonchev–Trinajstić information content (AvgIpc) is 3.62. The number of aromatic amines is 1. The van der Waals surface area contributed by atoms with Crippen LogP contribution in [0.4, 0.5) is 10.5 Å². The third-order valence-corrected chi connectivity index (χ3v) is 9.19. The number of anilines is 1. The van der Waals surface area contributed by atoms with Gasteiger partial charge in [-0.1, -0.05) is 44.0 Å². The largest absolute Gasteiger partial charge is 0.496 e. The number of hydrogen-bond acceptors (Lipinski definition) is 5. The molecule has 3 amide bonds. The molecular formula is C31H34N4O5S. The highest BCUT2D eigenvalue weighted by Gasteiger charge is 2.23. The Kier molecular flexibility index (Phi) is 8.03. The summed E-state index contributed by atoms with van der Waals surface area (Å²) in [6, 6.07) is 17.1. The van der Waals surface area contributed by atoms with Crippen molar-refractivity contribution in [1.82, 2.24) is 15.0 Å². The van der Waals surface area contributed by atoms with Crippen molar-refractivity contribution in [3.8, 4) is 5.75 Å². The second kappa shape index (κ2) is 11.7. The molecule has 0 bridgehead atoms. The number of aromatic nitrogens is 1. The van der Waals surface area contributed by atoms with Gasteiger partial charge in [0.05, 0.1) is 12.0 Å². The summed E-state index contributed by atoms with van der Waals surface area (Å²) in [5, 5.41) is 6.94. The molecule has 41 heavy (non-hydrogen) atoms. The summed E-state index contributed by atoms with van der Waals surface area (Å²) in [4.78, 5) is 28.8. The van der Waals surface area contributed by atoms with E-state index in [0.29, 0.717) is 17.0 Å². The van der Waals surface area contributed by atoms with Gasteiger partial charge in [-0.15, -0.1) is 0 Å². The highest BCUT2D eigenvalue weighted by Crippen LogP contribution is 2.36. The summed E-state index contributed by atoms with van der Waals surface area (Å²) in [6.07, 6.45) is 6.23. The van der Waals surface area contributed by atoms with Crippen LogP contribution in [0.25, 0.3) is 10.9 Å². The second-order valence-electron chi connectivity index (χ2n) is 10.5. The molecule has 0 spiro atoms. The Bertz CT molecular complexity index is 1710. The van der Waals surface area contributed by atoms with E-state index in [9.17, 15) is 18.0 Å². The fourth-order valence-electron chi connectivity index (χ4n) is 5.47. The zero-order valence-corrected chi connectivity index (χ0v) is 24.1. The zero-order chi connectivity index (χ0) is 29.1.